The third-order valence-corrected chi connectivity index (χ3v) is 4.74. The Morgan fingerprint density at radius 3 is 2.59 bits per heavy atom. The molecule has 0 aliphatic carbocycles. The van der Waals surface area contributed by atoms with Crippen LogP contribution in [0.25, 0.3) is 11.6 Å². The average Bonchev–Trinajstić information content (AvgIpc) is 3.34. The highest BCUT2D eigenvalue weighted by Crippen LogP contribution is 2.25. The predicted octanol–water partition coefficient (Wildman–Crippen LogP) is 2.99. The zero-order chi connectivity index (χ0) is 20.8. The third-order valence-electron chi connectivity index (χ3n) is 3.77. The van der Waals surface area contributed by atoms with Gasteiger partial charge in [0.05, 0.1) is 12.0 Å². The Morgan fingerprint density at radius 2 is 1.97 bits per heavy atom. The quantitative estimate of drug-likeness (QED) is 0.395. The van der Waals surface area contributed by atoms with Crippen molar-refractivity contribution in [2.75, 3.05) is 5.75 Å². The zero-order valence-corrected chi connectivity index (χ0v) is 15.8. The number of thioether (sulfide) groups is 1. The molecule has 3 rings (SSSR count). The van der Waals surface area contributed by atoms with Crippen LogP contribution in [0.2, 0.25) is 0 Å². The summed E-state index contributed by atoms with van der Waals surface area (Å²) in [7, 11) is 0. The number of benzene rings is 1. The maximum Gasteiger partial charge on any atom is 0.387 e. The van der Waals surface area contributed by atoms with E-state index in [0.29, 0.717) is 22.3 Å². The van der Waals surface area contributed by atoms with E-state index in [4.69, 9.17) is 10.2 Å². The van der Waals surface area contributed by atoms with Crippen molar-refractivity contribution in [2.24, 2.45) is 5.73 Å². The average molecular weight is 422 g/mol. The van der Waals surface area contributed by atoms with Gasteiger partial charge in [0.25, 0.3) is 0 Å². The first-order valence-corrected chi connectivity index (χ1v) is 9.39. The van der Waals surface area contributed by atoms with Crippen LogP contribution in [0.5, 0.6) is 5.75 Å². The van der Waals surface area contributed by atoms with Crippen LogP contribution in [0.3, 0.4) is 0 Å². The number of aromatic nitrogens is 3. The Kier molecular flexibility index (Phi) is 6.60. The molecule has 0 spiro atoms. The number of alkyl halides is 2. The molecule has 29 heavy (non-hydrogen) atoms. The summed E-state index contributed by atoms with van der Waals surface area (Å²) in [5.74, 6) is 0.167. The van der Waals surface area contributed by atoms with Crippen LogP contribution in [-0.2, 0) is 11.3 Å². The molecule has 1 amide bonds. The molecule has 0 saturated carbocycles. The Morgan fingerprint density at radius 1 is 1.21 bits per heavy atom. The first-order chi connectivity index (χ1) is 13.9. The van der Waals surface area contributed by atoms with Crippen LogP contribution in [0, 0.1) is 0 Å². The lowest BCUT2D eigenvalue weighted by Gasteiger charge is -2.08. The van der Waals surface area contributed by atoms with Gasteiger partial charge in [-0.2, -0.15) is 8.78 Å². The van der Waals surface area contributed by atoms with E-state index in [1.165, 1.54) is 30.5 Å². The van der Waals surface area contributed by atoms with Crippen molar-refractivity contribution in [2.45, 2.75) is 24.7 Å². The molecule has 0 aliphatic heterocycles. The number of carbonyl (C=O) groups excluding carboxylic acids is 2. The molecule has 0 saturated heterocycles. The maximum atomic E-state index is 12.4. The van der Waals surface area contributed by atoms with Crippen molar-refractivity contribution in [3.63, 3.8) is 0 Å². The highest BCUT2D eigenvalue weighted by molar-refractivity contribution is 7.99. The lowest BCUT2D eigenvalue weighted by molar-refractivity contribution is -0.118. The van der Waals surface area contributed by atoms with Gasteiger partial charge in [0.1, 0.15) is 5.75 Å². The number of rotatable bonds is 10. The van der Waals surface area contributed by atoms with Crippen molar-refractivity contribution < 1.29 is 27.5 Å². The van der Waals surface area contributed by atoms with Gasteiger partial charge in [0.2, 0.25) is 5.91 Å². The smallest absolute Gasteiger partial charge is 0.387 e. The summed E-state index contributed by atoms with van der Waals surface area (Å²) in [6.07, 6.45) is 1.55. The van der Waals surface area contributed by atoms with Crippen molar-refractivity contribution in [3.05, 3.63) is 48.2 Å². The van der Waals surface area contributed by atoms with Gasteiger partial charge in [-0.25, -0.2) is 0 Å². The highest BCUT2D eigenvalue weighted by atomic mass is 32.2. The molecule has 0 radical (unpaired) electrons. The molecule has 0 unspecified atom stereocenters. The van der Waals surface area contributed by atoms with E-state index >= 15 is 0 Å². The molecule has 3 aromatic rings. The number of ketones is 1. The standard InChI is InChI=1S/C18H16F2N4O4S/c19-17(20)28-12-5-3-11(4-6-12)13(25)10-29-18-23-22-16(14-2-1-9-27-14)24(18)8-7-15(21)26/h1-6,9,17H,7-8,10H2,(H2,21,26). The van der Waals surface area contributed by atoms with Crippen molar-refractivity contribution in [1.29, 1.82) is 0 Å². The number of Topliss-reactive ketones (excluding diaryl/α,β-unsaturated/α-hetero) is 1. The van der Waals surface area contributed by atoms with Crippen LogP contribution in [0.4, 0.5) is 8.78 Å². The summed E-state index contributed by atoms with van der Waals surface area (Å²) >= 11 is 1.13. The number of hydrogen-bond donors (Lipinski definition) is 1. The number of hydrogen-bond acceptors (Lipinski definition) is 7. The minimum Gasteiger partial charge on any atom is -0.461 e. The van der Waals surface area contributed by atoms with Crippen LogP contribution in [-0.4, -0.2) is 38.8 Å². The summed E-state index contributed by atoms with van der Waals surface area (Å²) in [5.41, 5.74) is 5.58. The van der Waals surface area contributed by atoms with Crippen molar-refractivity contribution in [1.82, 2.24) is 14.8 Å². The van der Waals surface area contributed by atoms with E-state index in [9.17, 15) is 18.4 Å². The molecule has 2 aromatic heterocycles. The molecule has 0 aliphatic rings. The monoisotopic (exact) mass is 422 g/mol. The minimum atomic E-state index is -2.93. The second kappa shape index (κ2) is 9.32. The second-order valence-corrected chi connectivity index (χ2v) is 6.71. The molecule has 0 bridgehead atoms. The number of halogens is 2. The molecule has 8 nitrogen and oxygen atoms in total. The zero-order valence-electron chi connectivity index (χ0n) is 15.0. The summed E-state index contributed by atoms with van der Waals surface area (Å²) in [6.45, 7) is -2.70. The van der Waals surface area contributed by atoms with Crippen molar-refractivity contribution in [3.8, 4) is 17.3 Å². The molecule has 2 heterocycles. The van der Waals surface area contributed by atoms with E-state index in [0.717, 1.165) is 11.8 Å². The van der Waals surface area contributed by atoms with Crippen LogP contribution in [0.15, 0.2) is 52.2 Å². The SMILES string of the molecule is NC(=O)CCn1c(SCC(=O)c2ccc(OC(F)F)cc2)nnc1-c1ccco1. The van der Waals surface area contributed by atoms with E-state index in [1.807, 2.05) is 0 Å². The molecule has 2 N–H and O–H groups in total. The Bertz CT molecular complexity index is 974. The molecule has 0 atom stereocenters. The summed E-state index contributed by atoms with van der Waals surface area (Å²) in [5, 5.41) is 8.56. The van der Waals surface area contributed by atoms with Gasteiger partial charge >= 0.3 is 6.61 Å². The van der Waals surface area contributed by atoms with Gasteiger partial charge in [0.15, 0.2) is 22.5 Å². The van der Waals surface area contributed by atoms with Crippen molar-refractivity contribution >= 4 is 23.5 Å². The largest absolute Gasteiger partial charge is 0.461 e. The van der Waals surface area contributed by atoms with E-state index in [1.54, 1.807) is 16.7 Å². The Labute approximate surface area is 168 Å². The number of ether oxygens (including phenoxy) is 1. The van der Waals surface area contributed by atoms with Gasteiger partial charge in [-0.05, 0) is 36.4 Å². The number of carbonyl (C=O) groups is 2. The number of nitrogens with zero attached hydrogens (tertiary/aromatic N) is 3. The Hall–Kier alpha value is -3.21. The number of amides is 1. The fourth-order valence-electron chi connectivity index (χ4n) is 2.44. The van der Waals surface area contributed by atoms with Gasteiger partial charge in [-0.15, -0.1) is 10.2 Å². The number of primary amides is 1. The predicted molar refractivity (Wildman–Crippen MR) is 99.7 cm³/mol. The molecule has 11 heteroatoms. The number of nitrogens with two attached hydrogens (primary N) is 1. The lowest BCUT2D eigenvalue weighted by Crippen LogP contribution is -2.15. The molecule has 0 fully saturated rings. The second-order valence-electron chi connectivity index (χ2n) is 5.77. The topological polar surface area (TPSA) is 113 Å². The van der Waals surface area contributed by atoms with E-state index < -0.39 is 12.5 Å². The van der Waals surface area contributed by atoms with Gasteiger partial charge in [-0.1, -0.05) is 11.8 Å². The van der Waals surface area contributed by atoms with E-state index in [-0.39, 0.29) is 30.3 Å². The first-order valence-electron chi connectivity index (χ1n) is 8.40. The minimum absolute atomic E-state index is 0.0292. The summed E-state index contributed by atoms with van der Waals surface area (Å²) < 4.78 is 35.6. The molecule has 1 aromatic carbocycles. The van der Waals surface area contributed by atoms with Crippen LogP contribution in [0.1, 0.15) is 16.8 Å². The molecular weight excluding hydrogens is 406 g/mol. The van der Waals surface area contributed by atoms with Crippen LogP contribution >= 0.6 is 11.8 Å². The summed E-state index contributed by atoms with van der Waals surface area (Å²) in [4.78, 5) is 23.6. The van der Waals surface area contributed by atoms with E-state index in [2.05, 4.69) is 14.9 Å². The molecular formula is C18H16F2N4O4S. The van der Waals surface area contributed by atoms with Gasteiger partial charge in [-0.3, -0.25) is 14.2 Å². The third kappa shape index (κ3) is 5.41. The molecule has 152 valence electrons. The highest BCUT2D eigenvalue weighted by Gasteiger charge is 2.18. The Balaban J connectivity index is 1.71. The first kappa shape index (κ1) is 20.5. The maximum absolute atomic E-state index is 12.4. The van der Waals surface area contributed by atoms with Crippen LogP contribution < -0.4 is 10.5 Å². The number of furan rings is 1. The fraction of sp³-hybridized carbons (Fsp3) is 0.222. The summed E-state index contributed by atoms with van der Waals surface area (Å²) in [6, 6.07) is 8.82. The fourth-order valence-corrected chi connectivity index (χ4v) is 3.30. The normalized spacial score (nSPS) is 11.0. The lowest BCUT2D eigenvalue weighted by atomic mass is 10.1. The van der Waals surface area contributed by atoms with Gasteiger partial charge < -0.3 is 14.9 Å². The van der Waals surface area contributed by atoms with Gasteiger partial charge in [0, 0.05) is 18.5 Å².